The van der Waals surface area contributed by atoms with Crippen LogP contribution in [0.2, 0.25) is 0 Å². The minimum Gasteiger partial charge on any atom is -0.383 e. The highest BCUT2D eigenvalue weighted by atomic mass is 127. The number of anilines is 1. The highest BCUT2D eigenvalue weighted by molar-refractivity contribution is 14.1. The third-order valence-corrected chi connectivity index (χ3v) is 4.23. The van der Waals surface area contributed by atoms with Crippen molar-refractivity contribution >= 4 is 28.4 Å². The number of hydrogen-bond donors (Lipinski definition) is 1. The highest BCUT2D eigenvalue weighted by Gasteiger charge is 2.27. The fourth-order valence-corrected chi connectivity index (χ4v) is 3.11. The molecule has 2 N–H and O–H groups in total. The topological polar surface area (TPSA) is 64.3 Å². The lowest BCUT2D eigenvalue weighted by molar-refractivity contribution is -0.0256. The van der Waals surface area contributed by atoms with Crippen LogP contribution in [-0.2, 0) is 10.2 Å². The van der Waals surface area contributed by atoms with Crippen molar-refractivity contribution < 1.29 is 4.74 Å². The van der Waals surface area contributed by atoms with Crippen molar-refractivity contribution in [2.45, 2.75) is 32.3 Å². The smallest absolute Gasteiger partial charge is 0.161 e. The quantitative estimate of drug-likeness (QED) is 0.760. The monoisotopic (exact) mass is 376 g/mol. The first-order valence-electron chi connectivity index (χ1n) is 6.42. The van der Waals surface area contributed by atoms with E-state index in [1.807, 2.05) is 0 Å². The van der Waals surface area contributed by atoms with Crippen LogP contribution < -0.4 is 5.73 Å². The molecule has 1 aliphatic heterocycles. The lowest BCUT2D eigenvalue weighted by Gasteiger charge is -2.30. The Kier molecular flexibility index (Phi) is 4.32. The molecule has 2 rings (SSSR count). The van der Waals surface area contributed by atoms with E-state index in [9.17, 15) is 0 Å². The number of rotatable bonds is 1. The summed E-state index contributed by atoms with van der Waals surface area (Å²) in [6.45, 7) is 8.87. The fraction of sp³-hybridized carbons (Fsp3) is 0.692. The van der Waals surface area contributed by atoms with Gasteiger partial charge in [0.25, 0.3) is 0 Å². The van der Waals surface area contributed by atoms with Crippen molar-refractivity contribution in [1.29, 1.82) is 0 Å². The summed E-state index contributed by atoms with van der Waals surface area (Å²) >= 11 is 2.22. The number of nitrogens with zero attached hydrogens (tertiary/aromatic N) is 3. The molecule has 6 heteroatoms. The number of halogens is 1. The summed E-state index contributed by atoms with van der Waals surface area (Å²) in [6.07, 6.45) is -0.0841. The first-order chi connectivity index (χ1) is 8.79. The second-order valence-electron chi connectivity index (χ2n) is 6.00. The SMILES string of the molecule is CN1CCOC(c2nc(N)c(I)c(C(C)(C)C)n2)C1. The number of aromatic nitrogens is 2. The van der Waals surface area contributed by atoms with Crippen LogP contribution in [0, 0.1) is 3.57 Å². The van der Waals surface area contributed by atoms with Gasteiger partial charge in [-0.3, -0.25) is 0 Å². The van der Waals surface area contributed by atoms with E-state index in [4.69, 9.17) is 15.5 Å². The van der Waals surface area contributed by atoms with Crippen molar-refractivity contribution in [1.82, 2.24) is 14.9 Å². The molecule has 2 heterocycles. The molecule has 1 fully saturated rings. The summed E-state index contributed by atoms with van der Waals surface area (Å²) in [7, 11) is 2.08. The maximum Gasteiger partial charge on any atom is 0.161 e. The Bertz CT molecular complexity index is 472. The molecule has 0 aromatic carbocycles. The summed E-state index contributed by atoms with van der Waals surface area (Å²) in [4.78, 5) is 11.3. The van der Waals surface area contributed by atoms with Gasteiger partial charge in [-0.05, 0) is 29.6 Å². The Balaban J connectivity index is 2.39. The van der Waals surface area contributed by atoms with Gasteiger partial charge in [-0.2, -0.15) is 0 Å². The number of morpholine rings is 1. The molecule has 0 radical (unpaired) electrons. The number of nitrogens with two attached hydrogens (primary N) is 1. The lowest BCUT2D eigenvalue weighted by Crippen LogP contribution is -2.36. The Morgan fingerprint density at radius 1 is 1.37 bits per heavy atom. The van der Waals surface area contributed by atoms with Crippen molar-refractivity contribution in [2.24, 2.45) is 0 Å². The van der Waals surface area contributed by atoms with Gasteiger partial charge in [0, 0.05) is 18.5 Å². The zero-order chi connectivity index (χ0) is 14.2. The molecule has 0 saturated carbocycles. The van der Waals surface area contributed by atoms with Gasteiger partial charge < -0.3 is 15.4 Å². The van der Waals surface area contributed by atoms with Crippen LogP contribution in [-0.4, -0.2) is 41.6 Å². The van der Waals surface area contributed by atoms with E-state index in [-0.39, 0.29) is 11.5 Å². The van der Waals surface area contributed by atoms with E-state index < -0.39 is 0 Å². The molecular weight excluding hydrogens is 355 g/mol. The number of hydrogen-bond acceptors (Lipinski definition) is 5. The summed E-state index contributed by atoms with van der Waals surface area (Å²) in [5.74, 6) is 1.25. The molecular formula is C13H21IN4O. The zero-order valence-corrected chi connectivity index (χ0v) is 14.1. The average Bonchev–Trinajstić information content (AvgIpc) is 2.31. The van der Waals surface area contributed by atoms with Gasteiger partial charge in [0.05, 0.1) is 15.9 Å². The van der Waals surface area contributed by atoms with E-state index in [2.05, 4.69) is 60.3 Å². The minimum atomic E-state index is -0.0841. The Morgan fingerprint density at radius 3 is 2.63 bits per heavy atom. The largest absolute Gasteiger partial charge is 0.383 e. The number of ether oxygens (including phenoxy) is 1. The Morgan fingerprint density at radius 2 is 2.05 bits per heavy atom. The van der Waals surface area contributed by atoms with Crippen LogP contribution in [0.1, 0.15) is 38.4 Å². The van der Waals surface area contributed by atoms with Crippen molar-refractivity contribution in [3.8, 4) is 0 Å². The molecule has 106 valence electrons. The van der Waals surface area contributed by atoms with E-state index in [1.54, 1.807) is 0 Å². The molecule has 1 aromatic heterocycles. The van der Waals surface area contributed by atoms with E-state index in [0.717, 1.165) is 22.4 Å². The van der Waals surface area contributed by atoms with Gasteiger partial charge in [0.2, 0.25) is 0 Å². The predicted molar refractivity (Wildman–Crippen MR) is 84.1 cm³/mol. The fourth-order valence-electron chi connectivity index (χ4n) is 2.06. The van der Waals surface area contributed by atoms with Crippen LogP contribution in [0.15, 0.2) is 0 Å². The lowest BCUT2D eigenvalue weighted by atomic mass is 9.92. The molecule has 1 atom stereocenters. The second-order valence-corrected chi connectivity index (χ2v) is 7.08. The summed E-state index contributed by atoms with van der Waals surface area (Å²) < 4.78 is 6.71. The van der Waals surface area contributed by atoms with Crippen LogP contribution in [0.3, 0.4) is 0 Å². The second kappa shape index (κ2) is 5.49. The summed E-state index contributed by atoms with van der Waals surface area (Å²) in [6, 6.07) is 0. The maximum atomic E-state index is 6.03. The molecule has 1 unspecified atom stereocenters. The zero-order valence-electron chi connectivity index (χ0n) is 11.9. The first-order valence-corrected chi connectivity index (χ1v) is 7.50. The van der Waals surface area contributed by atoms with Crippen LogP contribution in [0.4, 0.5) is 5.82 Å². The van der Waals surface area contributed by atoms with Gasteiger partial charge in [-0.25, -0.2) is 9.97 Å². The third-order valence-electron chi connectivity index (χ3n) is 3.16. The third kappa shape index (κ3) is 3.35. The molecule has 1 aromatic rings. The van der Waals surface area contributed by atoms with Crippen LogP contribution in [0.25, 0.3) is 0 Å². The van der Waals surface area contributed by atoms with Gasteiger partial charge in [-0.15, -0.1) is 0 Å². The van der Waals surface area contributed by atoms with Crippen LogP contribution >= 0.6 is 22.6 Å². The molecule has 1 saturated heterocycles. The van der Waals surface area contributed by atoms with Gasteiger partial charge in [0.15, 0.2) is 5.82 Å². The molecule has 0 spiro atoms. The van der Waals surface area contributed by atoms with Gasteiger partial charge in [-0.1, -0.05) is 20.8 Å². The van der Waals surface area contributed by atoms with Crippen molar-refractivity contribution in [3.05, 3.63) is 15.1 Å². The number of likely N-dealkylation sites (N-methyl/N-ethyl adjacent to an activating group) is 1. The van der Waals surface area contributed by atoms with Crippen LogP contribution in [0.5, 0.6) is 0 Å². The molecule has 19 heavy (non-hydrogen) atoms. The van der Waals surface area contributed by atoms with Crippen molar-refractivity contribution in [3.63, 3.8) is 0 Å². The Labute approximate surface area is 128 Å². The summed E-state index contributed by atoms with van der Waals surface area (Å²) in [5.41, 5.74) is 6.97. The Hall–Kier alpha value is -0.470. The molecule has 0 amide bonds. The van der Waals surface area contributed by atoms with Crippen molar-refractivity contribution in [2.75, 3.05) is 32.5 Å². The van der Waals surface area contributed by atoms with E-state index >= 15 is 0 Å². The van der Waals surface area contributed by atoms with Gasteiger partial charge >= 0.3 is 0 Å². The molecule has 5 nitrogen and oxygen atoms in total. The maximum absolute atomic E-state index is 6.03. The standard InChI is InChI=1S/C13H21IN4O/c1-13(2,3)10-9(14)11(15)17-12(16-10)8-7-18(4)5-6-19-8/h8H,5-7H2,1-4H3,(H2,15,16,17). The normalized spacial score (nSPS) is 21.6. The molecule has 1 aliphatic rings. The molecule has 0 bridgehead atoms. The van der Waals surface area contributed by atoms with E-state index in [1.165, 1.54) is 0 Å². The summed E-state index contributed by atoms with van der Waals surface area (Å²) in [5, 5.41) is 0. The first kappa shape index (κ1) is 14.9. The number of nitrogen functional groups attached to an aromatic ring is 1. The predicted octanol–water partition coefficient (Wildman–Crippen LogP) is 1.96. The van der Waals surface area contributed by atoms with Gasteiger partial charge in [0.1, 0.15) is 11.9 Å². The highest BCUT2D eigenvalue weighted by Crippen LogP contribution is 2.30. The average molecular weight is 376 g/mol. The molecule has 0 aliphatic carbocycles. The van der Waals surface area contributed by atoms with E-state index in [0.29, 0.717) is 18.2 Å². The minimum absolute atomic E-state index is 0.0527.